The highest BCUT2D eigenvalue weighted by molar-refractivity contribution is 6.31. The van der Waals surface area contributed by atoms with Crippen molar-refractivity contribution in [2.75, 3.05) is 6.54 Å². The highest BCUT2D eigenvalue weighted by atomic mass is 16.6. The molecule has 0 aromatic heterocycles. The Morgan fingerprint density at radius 2 is 1.22 bits per heavy atom. The number of hydrogen-bond donors (Lipinski definition) is 0. The van der Waals surface area contributed by atoms with Gasteiger partial charge in [0.15, 0.2) is 0 Å². The molecule has 0 aliphatic carbocycles. The monoisotopic (exact) mass is 309 g/mol. The molecule has 4 rings (SSSR count). The maximum Gasteiger partial charge on any atom is 0.346 e. The van der Waals surface area contributed by atoms with Gasteiger partial charge in [-0.25, -0.2) is 9.59 Å². The maximum atomic E-state index is 12.6. The van der Waals surface area contributed by atoms with Gasteiger partial charge in [-0.3, -0.25) is 14.5 Å². The lowest BCUT2D eigenvalue weighted by Crippen LogP contribution is -2.41. The lowest BCUT2D eigenvalue weighted by Gasteiger charge is -2.28. The van der Waals surface area contributed by atoms with Crippen LogP contribution in [0.5, 0.6) is 0 Å². The third kappa shape index (κ3) is 1.63. The smallest absolute Gasteiger partial charge is 0.346 e. The van der Waals surface area contributed by atoms with Crippen LogP contribution in [0, 0.1) is 0 Å². The van der Waals surface area contributed by atoms with E-state index in [1.807, 2.05) is 6.92 Å². The molecule has 23 heavy (non-hydrogen) atoms. The minimum Gasteiger partial charge on any atom is -0.386 e. The summed E-state index contributed by atoms with van der Waals surface area (Å²) >= 11 is 0. The number of amides is 2. The molecule has 0 bridgehead atoms. The summed E-state index contributed by atoms with van der Waals surface area (Å²) in [7, 11) is 0. The molecule has 2 aromatic rings. The normalized spacial score (nSPS) is 16.1. The molecule has 0 N–H and O–H groups in total. The number of carbonyl (C=O) groups is 4. The van der Waals surface area contributed by atoms with Gasteiger partial charge in [0, 0.05) is 28.4 Å². The Kier molecular flexibility index (Phi) is 2.66. The van der Waals surface area contributed by atoms with Crippen LogP contribution in [0.25, 0.3) is 10.8 Å². The predicted molar refractivity (Wildman–Crippen MR) is 79.4 cm³/mol. The summed E-state index contributed by atoms with van der Waals surface area (Å²) in [5.74, 6) is -2.33. The number of imide groups is 1. The molecule has 2 amide bonds. The summed E-state index contributed by atoms with van der Waals surface area (Å²) in [6, 6.07) is 5.97. The summed E-state index contributed by atoms with van der Waals surface area (Å²) in [4.78, 5) is 50.2. The second-order valence-corrected chi connectivity index (χ2v) is 5.51. The van der Waals surface area contributed by atoms with Gasteiger partial charge in [-0.1, -0.05) is 6.92 Å². The Hall–Kier alpha value is -3.02. The van der Waals surface area contributed by atoms with Gasteiger partial charge in [-0.05, 0) is 30.7 Å². The highest BCUT2D eigenvalue weighted by Gasteiger charge is 2.37. The Morgan fingerprint density at radius 1 is 0.783 bits per heavy atom. The third-order valence-corrected chi connectivity index (χ3v) is 4.18. The largest absolute Gasteiger partial charge is 0.386 e. The Labute approximate surface area is 130 Å². The van der Waals surface area contributed by atoms with E-state index in [9.17, 15) is 19.2 Å². The van der Waals surface area contributed by atoms with Crippen LogP contribution in [0.3, 0.4) is 0 Å². The molecule has 114 valence electrons. The van der Waals surface area contributed by atoms with Crippen LogP contribution in [-0.4, -0.2) is 35.2 Å². The molecule has 0 fully saturated rings. The lowest BCUT2D eigenvalue weighted by molar-refractivity contribution is 0.0389. The van der Waals surface area contributed by atoms with Crippen molar-refractivity contribution >= 4 is 34.5 Å². The highest BCUT2D eigenvalue weighted by Crippen LogP contribution is 2.36. The number of hydrogen-bond acceptors (Lipinski definition) is 5. The number of nitrogens with zero attached hydrogens (tertiary/aromatic N) is 1. The molecule has 6 nitrogen and oxygen atoms in total. The van der Waals surface area contributed by atoms with E-state index in [1.54, 1.807) is 0 Å². The van der Waals surface area contributed by atoms with Crippen LogP contribution < -0.4 is 0 Å². The molecule has 0 unspecified atom stereocenters. The van der Waals surface area contributed by atoms with Crippen LogP contribution >= 0.6 is 0 Å². The van der Waals surface area contributed by atoms with E-state index in [2.05, 4.69) is 4.74 Å². The van der Waals surface area contributed by atoms with Crippen molar-refractivity contribution in [2.45, 2.75) is 13.3 Å². The van der Waals surface area contributed by atoms with Crippen molar-refractivity contribution in [3.05, 3.63) is 46.5 Å². The average Bonchev–Trinajstić information content (AvgIpc) is 2.54. The molecule has 2 aromatic carbocycles. The Bertz CT molecular complexity index is 875. The molecule has 0 radical (unpaired) electrons. The number of carbonyl (C=O) groups excluding carboxylic acids is 4. The van der Waals surface area contributed by atoms with Crippen molar-refractivity contribution in [1.29, 1.82) is 0 Å². The molecule has 0 atom stereocenters. The van der Waals surface area contributed by atoms with E-state index in [-0.39, 0.29) is 11.1 Å². The van der Waals surface area contributed by atoms with Crippen LogP contribution in [0.15, 0.2) is 24.3 Å². The van der Waals surface area contributed by atoms with E-state index in [1.165, 1.54) is 29.2 Å². The first kappa shape index (κ1) is 13.6. The first-order valence-electron chi connectivity index (χ1n) is 7.27. The van der Waals surface area contributed by atoms with Crippen LogP contribution in [0.4, 0.5) is 0 Å². The molecule has 0 saturated heterocycles. The van der Waals surface area contributed by atoms with Gasteiger partial charge >= 0.3 is 11.9 Å². The molecule has 2 heterocycles. The van der Waals surface area contributed by atoms with E-state index < -0.39 is 23.8 Å². The minimum absolute atomic E-state index is 0.199. The molecule has 6 heteroatoms. The second kappa shape index (κ2) is 4.49. The van der Waals surface area contributed by atoms with Crippen LogP contribution in [0.2, 0.25) is 0 Å². The summed E-state index contributed by atoms with van der Waals surface area (Å²) in [5.41, 5.74) is 1.06. The summed E-state index contributed by atoms with van der Waals surface area (Å²) in [6.07, 6.45) is 0.650. The van der Waals surface area contributed by atoms with Gasteiger partial charge in [0.1, 0.15) is 0 Å². The van der Waals surface area contributed by atoms with Gasteiger partial charge < -0.3 is 4.74 Å². The SMILES string of the molecule is CCCN1C(=O)c2ccc3c4c(ccc(c24)C1=O)C(=O)OC3=O. The number of cyclic esters (lactones) is 2. The van der Waals surface area contributed by atoms with Crippen molar-refractivity contribution in [2.24, 2.45) is 0 Å². The van der Waals surface area contributed by atoms with Gasteiger partial charge in [-0.2, -0.15) is 0 Å². The molecular weight excluding hydrogens is 298 g/mol. The first-order chi connectivity index (χ1) is 11.0. The van der Waals surface area contributed by atoms with Crippen LogP contribution in [-0.2, 0) is 4.74 Å². The lowest BCUT2D eigenvalue weighted by atomic mass is 9.87. The van der Waals surface area contributed by atoms with Gasteiger partial charge in [0.05, 0.1) is 11.1 Å². The number of benzene rings is 2. The van der Waals surface area contributed by atoms with Crippen molar-refractivity contribution in [3.63, 3.8) is 0 Å². The van der Waals surface area contributed by atoms with E-state index in [0.717, 1.165) is 0 Å². The fourth-order valence-corrected chi connectivity index (χ4v) is 3.20. The molecule has 0 saturated carbocycles. The van der Waals surface area contributed by atoms with E-state index >= 15 is 0 Å². The predicted octanol–water partition coefficient (Wildman–Crippen LogP) is 2.16. The van der Waals surface area contributed by atoms with Gasteiger partial charge in [0.2, 0.25) is 0 Å². The molecule has 2 aliphatic heterocycles. The number of rotatable bonds is 2. The fraction of sp³-hybridized carbons (Fsp3) is 0.176. The average molecular weight is 309 g/mol. The van der Waals surface area contributed by atoms with Gasteiger partial charge in [-0.15, -0.1) is 0 Å². The summed E-state index contributed by atoms with van der Waals surface area (Å²) in [6.45, 7) is 2.20. The second-order valence-electron chi connectivity index (χ2n) is 5.51. The maximum absolute atomic E-state index is 12.6. The topological polar surface area (TPSA) is 80.8 Å². The molecular formula is C17H11NO5. The minimum atomic E-state index is -0.762. The Morgan fingerprint density at radius 3 is 1.70 bits per heavy atom. The van der Waals surface area contributed by atoms with Gasteiger partial charge in [0.25, 0.3) is 11.8 Å². The standard InChI is InChI=1S/C17H11NO5/c1-2-7-18-14(19)8-3-5-10-13-11(17(22)23-16(10)21)6-4-9(12(8)13)15(18)20/h3-6H,2,7H2,1H3. The van der Waals surface area contributed by atoms with E-state index in [4.69, 9.17) is 0 Å². The summed E-state index contributed by atoms with van der Waals surface area (Å²) in [5, 5.41) is 0.700. The first-order valence-corrected chi connectivity index (χ1v) is 7.27. The number of ether oxygens (including phenoxy) is 1. The third-order valence-electron chi connectivity index (χ3n) is 4.18. The zero-order valence-electron chi connectivity index (χ0n) is 12.2. The van der Waals surface area contributed by atoms with Crippen molar-refractivity contribution in [3.8, 4) is 0 Å². The van der Waals surface area contributed by atoms with Crippen molar-refractivity contribution < 1.29 is 23.9 Å². The quantitative estimate of drug-likeness (QED) is 0.482. The fourth-order valence-electron chi connectivity index (χ4n) is 3.20. The zero-order valence-corrected chi connectivity index (χ0v) is 12.2. The van der Waals surface area contributed by atoms with Crippen LogP contribution in [0.1, 0.15) is 54.8 Å². The van der Waals surface area contributed by atoms with E-state index in [0.29, 0.717) is 34.9 Å². The molecule has 0 spiro atoms. The summed E-state index contributed by atoms with van der Waals surface area (Å²) < 4.78 is 4.69. The Balaban J connectivity index is 2.12. The molecule has 2 aliphatic rings. The van der Waals surface area contributed by atoms with Crippen molar-refractivity contribution in [1.82, 2.24) is 4.90 Å². The number of esters is 2. The zero-order chi connectivity index (χ0) is 16.3.